The molecule has 1 amide bonds. The predicted molar refractivity (Wildman–Crippen MR) is 81.4 cm³/mol. The third-order valence-corrected chi connectivity index (χ3v) is 3.96. The summed E-state index contributed by atoms with van der Waals surface area (Å²) < 4.78 is 0. The van der Waals surface area contributed by atoms with E-state index in [0.29, 0.717) is 16.5 Å². The van der Waals surface area contributed by atoms with E-state index in [1.807, 2.05) is 11.9 Å². The summed E-state index contributed by atoms with van der Waals surface area (Å²) in [6.07, 6.45) is 2.17. The summed E-state index contributed by atoms with van der Waals surface area (Å²) in [5.74, 6) is 0.598. The van der Waals surface area contributed by atoms with Gasteiger partial charge in [0.25, 0.3) is 5.91 Å². The molecule has 0 aliphatic carbocycles. The number of nitrogens with zero attached hydrogens (tertiary/aromatic N) is 3. The lowest BCUT2D eigenvalue weighted by molar-refractivity contribution is 0.0644. The number of likely N-dealkylation sites (N-methyl/N-ethyl adjacent to an activating group) is 2. The molecule has 1 atom stereocenters. The van der Waals surface area contributed by atoms with E-state index in [9.17, 15) is 4.79 Å². The fourth-order valence-electron chi connectivity index (χ4n) is 2.57. The van der Waals surface area contributed by atoms with Gasteiger partial charge in [0.1, 0.15) is 11.0 Å². The molecular formula is C14H21ClN4O. The molecule has 1 unspecified atom stereocenters. The highest BCUT2D eigenvalue weighted by Crippen LogP contribution is 2.19. The minimum Gasteiger partial charge on any atom is -0.373 e. The van der Waals surface area contributed by atoms with E-state index in [4.69, 9.17) is 11.6 Å². The highest BCUT2D eigenvalue weighted by atomic mass is 35.5. The Labute approximate surface area is 124 Å². The number of likely N-dealkylation sites (tertiary alicyclic amines) is 1. The van der Waals surface area contributed by atoms with Crippen molar-refractivity contribution in [2.45, 2.75) is 18.9 Å². The summed E-state index contributed by atoms with van der Waals surface area (Å²) in [7, 11) is 5.71. The molecule has 1 fully saturated rings. The molecule has 0 aromatic carbocycles. The number of rotatable bonds is 3. The molecule has 1 saturated heterocycles. The van der Waals surface area contributed by atoms with Crippen molar-refractivity contribution in [2.24, 2.45) is 0 Å². The molecule has 5 nitrogen and oxygen atoms in total. The van der Waals surface area contributed by atoms with Crippen LogP contribution < -0.4 is 5.32 Å². The number of pyridine rings is 1. The molecule has 1 aromatic heterocycles. The van der Waals surface area contributed by atoms with Crippen LogP contribution in [0, 0.1) is 0 Å². The third kappa shape index (κ3) is 3.41. The fraction of sp³-hybridized carbons (Fsp3) is 0.571. The molecule has 0 saturated carbocycles. The first kappa shape index (κ1) is 15.1. The minimum absolute atomic E-state index is 0.00824. The molecule has 1 aromatic rings. The van der Waals surface area contributed by atoms with Crippen LogP contribution in [0.5, 0.6) is 0 Å². The van der Waals surface area contributed by atoms with Gasteiger partial charge < -0.3 is 15.1 Å². The van der Waals surface area contributed by atoms with Gasteiger partial charge in [0, 0.05) is 32.2 Å². The van der Waals surface area contributed by atoms with Crippen LogP contribution in [0.3, 0.4) is 0 Å². The zero-order chi connectivity index (χ0) is 14.7. The number of halogens is 1. The Bertz CT molecular complexity index is 494. The molecule has 2 heterocycles. The van der Waals surface area contributed by atoms with E-state index in [1.54, 1.807) is 19.2 Å². The zero-order valence-corrected chi connectivity index (χ0v) is 12.9. The largest absolute Gasteiger partial charge is 0.373 e. The molecule has 2 rings (SSSR count). The van der Waals surface area contributed by atoms with Crippen molar-refractivity contribution in [3.8, 4) is 0 Å². The van der Waals surface area contributed by atoms with Crippen molar-refractivity contribution in [3.63, 3.8) is 0 Å². The van der Waals surface area contributed by atoms with E-state index < -0.39 is 0 Å². The summed E-state index contributed by atoms with van der Waals surface area (Å²) >= 11 is 5.96. The van der Waals surface area contributed by atoms with E-state index in [-0.39, 0.29) is 11.9 Å². The van der Waals surface area contributed by atoms with Crippen LogP contribution in [-0.4, -0.2) is 61.0 Å². The monoisotopic (exact) mass is 296 g/mol. The number of carbonyl (C=O) groups excluding carboxylic acids is 1. The van der Waals surface area contributed by atoms with Crippen LogP contribution in [0.1, 0.15) is 23.2 Å². The topological polar surface area (TPSA) is 48.5 Å². The van der Waals surface area contributed by atoms with E-state index in [1.165, 1.54) is 0 Å². The molecule has 1 N–H and O–H groups in total. The Morgan fingerprint density at radius 1 is 1.55 bits per heavy atom. The normalized spacial score (nSPS) is 19.7. The van der Waals surface area contributed by atoms with Gasteiger partial charge in [-0.3, -0.25) is 4.79 Å². The molecule has 1 aliphatic heterocycles. The van der Waals surface area contributed by atoms with Gasteiger partial charge in [-0.1, -0.05) is 11.6 Å². The van der Waals surface area contributed by atoms with Crippen molar-refractivity contribution in [1.82, 2.24) is 14.8 Å². The maximum atomic E-state index is 12.6. The standard InChI is InChI=1S/C14H21ClN4O/c1-16-13-8-10(7-12(15)17-13)14(20)19(3)11-5-4-6-18(2)9-11/h7-8,11H,4-6,9H2,1-3H3,(H,16,17). The number of anilines is 1. The third-order valence-electron chi connectivity index (χ3n) is 3.76. The second kappa shape index (κ2) is 6.41. The second-order valence-corrected chi connectivity index (χ2v) is 5.68. The highest BCUT2D eigenvalue weighted by Gasteiger charge is 2.25. The molecule has 0 bridgehead atoms. The SMILES string of the molecule is CNc1cc(C(=O)N(C)C2CCCN(C)C2)cc(Cl)n1. The van der Waals surface area contributed by atoms with Gasteiger partial charge >= 0.3 is 0 Å². The lowest BCUT2D eigenvalue weighted by atomic mass is 10.0. The van der Waals surface area contributed by atoms with Gasteiger partial charge in [0.2, 0.25) is 0 Å². The molecule has 20 heavy (non-hydrogen) atoms. The van der Waals surface area contributed by atoms with Crippen LogP contribution >= 0.6 is 11.6 Å². The summed E-state index contributed by atoms with van der Waals surface area (Å²) in [5.41, 5.74) is 0.574. The minimum atomic E-state index is -0.00824. The molecular weight excluding hydrogens is 276 g/mol. The summed E-state index contributed by atoms with van der Waals surface area (Å²) in [6, 6.07) is 3.61. The van der Waals surface area contributed by atoms with E-state index >= 15 is 0 Å². The van der Waals surface area contributed by atoms with Gasteiger partial charge in [-0.2, -0.15) is 0 Å². The molecule has 1 aliphatic rings. The first-order chi connectivity index (χ1) is 9.51. The number of carbonyl (C=O) groups is 1. The van der Waals surface area contributed by atoms with Crippen molar-refractivity contribution in [1.29, 1.82) is 0 Å². The molecule has 110 valence electrons. The zero-order valence-electron chi connectivity index (χ0n) is 12.2. The van der Waals surface area contributed by atoms with E-state index in [0.717, 1.165) is 25.9 Å². The van der Waals surface area contributed by atoms with Gasteiger partial charge in [-0.25, -0.2) is 4.98 Å². The number of hydrogen-bond donors (Lipinski definition) is 1. The molecule has 6 heteroatoms. The lowest BCUT2D eigenvalue weighted by Crippen LogP contribution is -2.47. The Hall–Kier alpha value is -1.33. The van der Waals surface area contributed by atoms with Crippen LogP contribution in [0.2, 0.25) is 5.15 Å². The first-order valence-electron chi connectivity index (χ1n) is 6.82. The number of nitrogens with one attached hydrogen (secondary N) is 1. The quantitative estimate of drug-likeness (QED) is 0.866. The molecule has 0 spiro atoms. The Balaban J connectivity index is 2.15. The maximum Gasteiger partial charge on any atom is 0.254 e. The van der Waals surface area contributed by atoms with Crippen LogP contribution in [0.4, 0.5) is 5.82 Å². The van der Waals surface area contributed by atoms with Crippen molar-refractivity contribution >= 4 is 23.3 Å². The number of piperidine rings is 1. The maximum absolute atomic E-state index is 12.6. The Kier molecular flexibility index (Phi) is 4.83. The average molecular weight is 297 g/mol. The number of aromatic nitrogens is 1. The van der Waals surface area contributed by atoms with Crippen molar-refractivity contribution < 1.29 is 4.79 Å². The summed E-state index contributed by atoms with van der Waals surface area (Å²) in [6.45, 7) is 2.02. The lowest BCUT2D eigenvalue weighted by Gasteiger charge is -2.35. The van der Waals surface area contributed by atoms with Crippen LogP contribution in [0.25, 0.3) is 0 Å². The molecule has 0 radical (unpaired) electrons. The second-order valence-electron chi connectivity index (χ2n) is 5.29. The number of hydrogen-bond acceptors (Lipinski definition) is 4. The van der Waals surface area contributed by atoms with Gasteiger partial charge in [-0.05, 0) is 38.6 Å². The smallest absolute Gasteiger partial charge is 0.254 e. The first-order valence-corrected chi connectivity index (χ1v) is 7.20. The predicted octanol–water partition coefficient (Wildman–Crippen LogP) is 1.94. The number of amides is 1. The van der Waals surface area contributed by atoms with Gasteiger partial charge in [0.15, 0.2) is 0 Å². The Morgan fingerprint density at radius 3 is 2.95 bits per heavy atom. The van der Waals surface area contributed by atoms with Crippen LogP contribution in [0.15, 0.2) is 12.1 Å². The summed E-state index contributed by atoms with van der Waals surface area (Å²) in [5, 5.41) is 3.24. The highest BCUT2D eigenvalue weighted by molar-refractivity contribution is 6.29. The summed E-state index contributed by atoms with van der Waals surface area (Å²) in [4.78, 5) is 20.7. The van der Waals surface area contributed by atoms with E-state index in [2.05, 4.69) is 22.2 Å². The van der Waals surface area contributed by atoms with Gasteiger partial charge in [-0.15, -0.1) is 0 Å². The van der Waals surface area contributed by atoms with Crippen molar-refractivity contribution in [2.75, 3.05) is 39.5 Å². The van der Waals surface area contributed by atoms with Gasteiger partial charge in [0.05, 0.1) is 0 Å². The fourth-order valence-corrected chi connectivity index (χ4v) is 2.78. The van der Waals surface area contributed by atoms with Crippen molar-refractivity contribution in [3.05, 3.63) is 22.8 Å². The average Bonchev–Trinajstić information content (AvgIpc) is 2.45. The Morgan fingerprint density at radius 2 is 2.30 bits per heavy atom. The van der Waals surface area contributed by atoms with Crippen LogP contribution in [-0.2, 0) is 0 Å².